The molecular formula is C15H15N3O. The second-order valence-corrected chi connectivity index (χ2v) is 5.07. The molecular weight excluding hydrogens is 238 g/mol. The van der Waals surface area contributed by atoms with E-state index in [1.807, 2.05) is 36.5 Å². The van der Waals surface area contributed by atoms with Gasteiger partial charge in [0.2, 0.25) is 5.95 Å². The summed E-state index contributed by atoms with van der Waals surface area (Å²) in [7, 11) is 0. The number of hydrogen-bond donors (Lipinski definition) is 2. The van der Waals surface area contributed by atoms with Crippen LogP contribution in [-0.4, -0.2) is 19.6 Å². The van der Waals surface area contributed by atoms with Crippen LogP contribution in [0.2, 0.25) is 0 Å². The molecule has 0 fully saturated rings. The Morgan fingerprint density at radius 3 is 3.05 bits per heavy atom. The smallest absolute Gasteiger partial charge is 0.212 e. The van der Waals surface area contributed by atoms with Gasteiger partial charge in [-0.3, -0.25) is 4.57 Å². The van der Waals surface area contributed by atoms with E-state index in [0.29, 0.717) is 0 Å². The van der Waals surface area contributed by atoms with Crippen LogP contribution in [0.3, 0.4) is 0 Å². The highest BCUT2D eigenvalue weighted by atomic mass is 16.3. The third-order valence-electron chi connectivity index (χ3n) is 3.88. The van der Waals surface area contributed by atoms with Gasteiger partial charge in [-0.25, -0.2) is 4.98 Å². The maximum atomic E-state index is 10.0. The number of nitrogens with one attached hydrogen (secondary N) is 1. The summed E-state index contributed by atoms with van der Waals surface area (Å²) in [5.41, 5.74) is 4.23. The van der Waals surface area contributed by atoms with Crippen molar-refractivity contribution >= 4 is 11.0 Å². The zero-order chi connectivity index (χ0) is 12.8. The third-order valence-corrected chi connectivity index (χ3v) is 3.88. The molecule has 1 aromatic carbocycles. The second-order valence-electron chi connectivity index (χ2n) is 5.07. The van der Waals surface area contributed by atoms with Gasteiger partial charge in [-0.15, -0.1) is 0 Å². The van der Waals surface area contributed by atoms with E-state index >= 15 is 0 Å². The van der Waals surface area contributed by atoms with Crippen LogP contribution in [0.5, 0.6) is 0 Å². The highest BCUT2D eigenvalue weighted by Gasteiger charge is 2.22. The number of nitrogens with zero attached hydrogens (tertiary/aromatic N) is 2. The lowest BCUT2D eigenvalue weighted by atomic mass is 9.95. The number of H-pyrrole nitrogens is 1. The Morgan fingerprint density at radius 1 is 1.26 bits per heavy atom. The minimum atomic E-state index is -0.325. The van der Waals surface area contributed by atoms with Crippen molar-refractivity contribution in [3.63, 3.8) is 0 Å². The molecule has 3 aromatic rings. The van der Waals surface area contributed by atoms with Crippen LogP contribution in [0.1, 0.15) is 30.2 Å². The van der Waals surface area contributed by atoms with E-state index in [1.54, 1.807) is 0 Å². The highest BCUT2D eigenvalue weighted by molar-refractivity contribution is 5.76. The molecule has 0 saturated heterocycles. The van der Waals surface area contributed by atoms with Gasteiger partial charge in [0.15, 0.2) is 0 Å². The first-order valence-corrected chi connectivity index (χ1v) is 6.66. The predicted molar refractivity (Wildman–Crippen MR) is 73.3 cm³/mol. The molecule has 4 heteroatoms. The number of hydrogen-bond acceptors (Lipinski definition) is 2. The maximum absolute atomic E-state index is 10.0. The molecule has 1 atom stereocenters. The van der Waals surface area contributed by atoms with Crippen LogP contribution < -0.4 is 0 Å². The van der Waals surface area contributed by atoms with E-state index < -0.39 is 0 Å². The van der Waals surface area contributed by atoms with Crippen molar-refractivity contribution in [2.24, 2.45) is 0 Å². The average Bonchev–Trinajstić information content (AvgIpc) is 3.02. The molecule has 0 spiro atoms. The van der Waals surface area contributed by atoms with Crippen molar-refractivity contribution in [2.45, 2.75) is 25.4 Å². The summed E-state index contributed by atoms with van der Waals surface area (Å²) in [4.78, 5) is 7.95. The summed E-state index contributed by atoms with van der Waals surface area (Å²) in [5, 5.41) is 10.0. The van der Waals surface area contributed by atoms with Crippen molar-refractivity contribution in [1.29, 1.82) is 0 Å². The number of aliphatic hydroxyl groups excluding tert-OH is 1. The standard InChI is InChI=1S/C15H15N3O/c19-14-7-3-6-13-10(14)8-9-18(13)15-16-11-4-1-2-5-12(11)17-15/h1-2,4-5,8-9,14,19H,3,6-7H2,(H,16,17). The lowest BCUT2D eigenvalue weighted by Gasteiger charge is -2.19. The number of aliphatic hydroxyl groups is 1. The number of aromatic amines is 1. The average molecular weight is 253 g/mol. The molecule has 19 heavy (non-hydrogen) atoms. The first-order chi connectivity index (χ1) is 9.33. The molecule has 1 unspecified atom stereocenters. The van der Waals surface area contributed by atoms with E-state index in [-0.39, 0.29) is 6.10 Å². The van der Waals surface area contributed by atoms with Crippen molar-refractivity contribution in [2.75, 3.05) is 0 Å². The van der Waals surface area contributed by atoms with Crippen LogP contribution in [-0.2, 0) is 6.42 Å². The Morgan fingerprint density at radius 2 is 2.16 bits per heavy atom. The maximum Gasteiger partial charge on any atom is 0.212 e. The summed E-state index contributed by atoms with van der Waals surface area (Å²) in [5.74, 6) is 0.830. The van der Waals surface area contributed by atoms with Crippen molar-refractivity contribution in [3.05, 3.63) is 47.8 Å². The first kappa shape index (κ1) is 10.8. The molecule has 0 amide bonds. The molecule has 0 saturated carbocycles. The highest BCUT2D eigenvalue weighted by Crippen LogP contribution is 2.31. The van der Waals surface area contributed by atoms with Crippen molar-refractivity contribution in [3.8, 4) is 5.95 Å². The minimum Gasteiger partial charge on any atom is -0.388 e. The van der Waals surface area contributed by atoms with Gasteiger partial charge in [0.05, 0.1) is 17.1 Å². The molecule has 2 heterocycles. The van der Waals surface area contributed by atoms with E-state index in [1.165, 1.54) is 5.69 Å². The van der Waals surface area contributed by atoms with Crippen LogP contribution in [0.15, 0.2) is 36.5 Å². The molecule has 4 nitrogen and oxygen atoms in total. The molecule has 1 aliphatic carbocycles. The van der Waals surface area contributed by atoms with Gasteiger partial charge < -0.3 is 10.1 Å². The lowest BCUT2D eigenvalue weighted by Crippen LogP contribution is -2.11. The van der Waals surface area contributed by atoms with Crippen LogP contribution in [0, 0.1) is 0 Å². The van der Waals surface area contributed by atoms with Gasteiger partial charge in [-0.05, 0) is 37.5 Å². The summed E-state index contributed by atoms with van der Waals surface area (Å²) >= 11 is 0. The fourth-order valence-electron chi connectivity index (χ4n) is 2.92. The summed E-state index contributed by atoms with van der Waals surface area (Å²) in [6.45, 7) is 0. The molecule has 4 rings (SSSR count). The van der Waals surface area contributed by atoms with E-state index in [4.69, 9.17) is 0 Å². The number of rotatable bonds is 1. The SMILES string of the molecule is OC1CCCc2c1ccn2-c1nc2ccccc2[nH]1. The Kier molecular flexibility index (Phi) is 2.26. The van der Waals surface area contributed by atoms with Crippen LogP contribution >= 0.6 is 0 Å². The zero-order valence-electron chi connectivity index (χ0n) is 10.5. The summed E-state index contributed by atoms with van der Waals surface area (Å²) in [6.07, 6.45) is 4.55. The van der Waals surface area contributed by atoms with Crippen molar-refractivity contribution in [1.82, 2.24) is 14.5 Å². The van der Waals surface area contributed by atoms with Gasteiger partial charge in [0, 0.05) is 17.5 Å². The molecule has 1 aliphatic rings. The Hall–Kier alpha value is -2.07. The molecule has 0 aliphatic heterocycles. The molecule has 0 radical (unpaired) electrons. The second kappa shape index (κ2) is 3.96. The number of para-hydroxylation sites is 2. The van der Waals surface area contributed by atoms with Crippen LogP contribution in [0.4, 0.5) is 0 Å². The lowest BCUT2D eigenvalue weighted by molar-refractivity contribution is 0.156. The van der Waals surface area contributed by atoms with Gasteiger partial charge in [-0.2, -0.15) is 0 Å². The fourth-order valence-corrected chi connectivity index (χ4v) is 2.92. The topological polar surface area (TPSA) is 53.8 Å². The van der Waals surface area contributed by atoms with Gasteiger partial charge in [-0.1, -0.05) is 12.1 Å². The fraction of sp³-hybridized carbons (Fsp3) is 0.267. The Balaban J connectivity index is 1.88. The minimum absolute atomic E-state index is 0.325. The van der Waals surface area contributed by atoms with E-state index in [0.717, 1.165) is 41.8 Å². The normalized spacial score (nSPS) is 18.7. The van der Waals surface area contributed by atoms with Crippen LogP contribution in [0.25, 0.3) is 17.0 Å². The number of fused-ring (bicyclic) bond motifs is 2. The predicted octanol–water partition coefficient (Wildman–Crippen LogP) is 2.72. The van der Waals surface area contributed by atoms with Gasteiger partial charge in [0.1, 0.15) is 0 Å². The molecule has 2 aromatic heterocycles. The quantitative estimate of drug-likeness (QED) is 0.700. The summed E-state index contributed by atoms with van der Waals surface area (Å²) in [6, 6.07) is 10.0. The van der Waals surface area contributed by atoms with E-state index in [2.05, 4.69) is 14.5 Å². The zero-order valence-corrected chi connectivity index (χ0v) is 10.5. The monoisotopic (exact) mass is 253 g/mol. The first-order valence-electron chi connectivity index (χ1n) is 6.66. The third kappa shape index (κ3) is 1.60. The Bertz CT molecular complexity index is 708. The molecule has 96 valence electrons. The van der Waals surface area contributed by atoms with Gasteiger partial charge >= 0.3 is 0 Å². The molecule has 0 bridgehead atoms. The largest absolute Gasteiger partial charge is 0.388 e. The Labute approximate surface area is 110 Å². The number of aromatic nitrogens is 3. The van der Waals surface area contributed by atoms with Gasteiger partial charge in [0.25, 0.3) is 0 Å². The summed E-state index contributed by atoms with van der Waals surface area (Å²) < 4.78 is 2.07. The molecule has 2 N–H and O–H groups in total. The van der Waals surface area contributed by atoms with Crippen molar-refractivity contribution < 1.29 is 5.11 Å². The number of benzene rings is 1. The number of imidazole rings is 1. The van der Waals surface area contributed by atoms with E-state index in [9.17, 15) is 5.11 Å².